The summed E-state index contributed by atoms with van der Waals surface area (Å²) in [4.78, 5) is 32.0. The molecular formula is C24H24N4O2. The molecule has 0 spiro atoms. The van der Waals surface area contributed by atoms with E-state index >= 15 is 0 Å². The van der Waals surface area contributed by atoms with Crippen molar-refractivity contribution < 1.29 is 4.79 Å². The van der Waals surface area contributed by atoms with Crippen molar-refractivity contribution in [3.63, 3.8) is 0 Å². The normalized spacial score (nSPS) is 19.6. The third-order valence-corrected chi connectivity index (χ3v) is 6.35. The first-order chi connectivity index (χ1) is 14.7. The van der Waals surface area contributed by atoms with Crippen molar-refractivity contribution in [1.82, 2.24) is 19.7 Å². The van der Waals surface area contributed by atoms with Crippen LogP contribution in [0.3, 0.4) is 0 Å². The smallest absolute Gasteiger partial charge is 0.266 e. The number of rotatable bonds is 5. The SMILES string of the molecule is O=C(N1CCCC1Cn1nc(-c2ccncc2)ccc1=O)C1(c2ccccc2)CC1. The molecule has 3 heterocycles. The molecule has 2 aliphatic rings. The lowest BCUT2D eigenvalue weighted by molar-refractivity contribution is -0.135. The van der Waals surface area contributed by atoms with E-state index in [0.29, 0.717) is 6.54 Å². The van der Waals surface area contributed by atoms with Gasteiger partial charge in [-0.2, -0.15) is 5.10 Å². The summed E-state index contributed by atoms with van der Waals surface area (Å²) in [5.41, 5.74) is 2.24. The summed E-state index contributed by atoms with van der Waals surface area (Å²) in [7, 11) is 0. The highest BCUT2D eigenvalue weighted by atomic mass is 16.2. The van der Waals surface area contributed by atoms with Crippen LogP contribution < -0.4 is 5.56 Å². The van der Waals surface area contributed by atoms with Crippen molar-refractivity contribution >= 4 is 5.91 Å². The molecule has 6 nitrogen and oxygen atoms in total. The summed E-state index contributed by atoms with van der Waals surface area (Å²) in [5.74, 6) is 0.203. The van der Waals surface area contributed by atoms with Gasteiger partial charge < -0.3 is 4.90 Å². The Morgan fingerprint density at radius 3 is 2.53 bits per heavy atom. The van der Waals surface area contributed by atoms with Gasteiger partial charge in [0.2, 0.25) is 5.91 Å². The van der Waals surface area contributed by atoms with Gasteiger partial charge in [0.1, 0.15) is 0 Å². The number of benzene rings is 1. The molecule has 0 radical (unpaired) electrons. The van der Waals surface area contributed by atoms with Crippen LogP contribution in [-0.4, -0.2) is 38.2 Å². The van der Waals surface area contributed by atoms with Crippen molar-refractivity contribution in [1.29, 1.82) is 0 Å². The molecule has 0 N–H and O–H groups in total. The molecule has 1 aliphatic carbocycles. The first kappa shape index (κ1) is 18.7. The minimum atomic E-state index is -0.374. The number of nitrogens with zero attached hydrogens (tertiary/aromatic N) is 4. The van der Waals surface area contributed by atoms with Gasteiger partial charge in [0.15, 0.2) is 0 Å². The van der Waals surface area contributed by atoms with Crippen molar-refractivity contribution in [2.45, 2.75) is 43.7 Å². The van der Waals surface area contributed by atoms with Gasteiger partial charge in [0.05, 0.1) is 23.7 Å². The number of amides is 1. The second kappa shape index (κ2) is 7.52. The van der Waals surface area contributed by atoms with E-state index in [4.69, 9.17) is 0 Å². The minimum Gasteiger partial charge on any atom is -0.337 e. The molecule has 30 heavy (non-hydrogen) atoms. The molecule has 1 amide bonds. The molecule has 3 aromatic rings. The third kappa shape index (κ3) is 3.32. The first-order valence-electron chi connectivity index (χ1n) is 10.5. The van der Waals surface area contributed by atoms with Crippen LogP contribution in [0.15, 0.2) is 71.8 Å². The molecule has 152 valence electrons. The van der Waals surface area contributed by atoms with Gasteiger partial charge in [-0.05, 0) is 49.4 Å². The Labute approximate surface area is 175 Å². The van der Waals surface area contributed by atoms with Crippen LogP contribution in [0, 0.1) is 0 Å². The summed E-state index contributed by atoms with van der Waals surface area (Å²) in [6.45, 7) is 1.17. The fourth-order valence-corrected chi connectivity index (χ4v) is 4.53. The van der Waals surface area contributed by atoms with E-state index in [1.807, 2.05) is 35.2 Å². The summed E-state index contributed by atoms with van der Waals surface area (Å²) in [5, 5.41) is 4.57. The van der Waals surface area contributed by atoms with E-state index in [-0.39, 0.29) is 22.9 Å². The van der Waals surface area contributed by atoms with Gasteiger partial charge in [-0.1, -0.05) is 30.3 Å². The van der Waals surface area contributed by atoms with Gasteiger partial charge in [-0.3, -0.25) is 14.6 Å². The number of hydrogen-bond acceptors (Lipinski definition) is 4. The molecule has 1 unspecified atom stereocenters. The first-order valence-corrected chi connectivity index (χ1v) is 10.5. The molecule has 6 heteroatoms. The van der Waals surface area contributed by atoms with E-state index in [9.17, 15) is 9.59 Å². The standard InChI is InChI=1S/C24H24N4O2/c29-22-9-8-21(18-10-14-25-15-11-18)26-28(22)17-20-7-4-16-27(20)23(30)24(12-13-24)19-5-2-1-3-6-19/h1-3,5-6,8-11,14-15,20H,4,7,12-13,16-17H2. The molecule has 2 aromatic heterocycles. The number of aromatic nitrogens is 3. The van der Waals surface area contributed by atoms with Crippen LogP contribution >= 0.6 is 0 Å². The summed E-state index contributed by atoms with van der Waals surface area (Å²) < 4.78 is 1.51. The monoisotopic (exact) mass is 400 g/mol. The summed E-state index contributed by atoms with van der Waals surface area (Å²) in [6.07, 6.45) is 7.07. The van der Waals surface area contributed by atoms with Crippen molar-refractivity contribution in [2.24, 2.45) is 0 Å². The molecule has 1 saturated heterocycles. The van der Waals surface area contributed by atoms with Crippen molar-refractivity contribution in [3.05, 3.63) is 82.9 Å². The van der Waals surface area contributed by atoms with Crippen LogP contribution in [0.5, 0.6) is 0 Å². The zero-order chi connectivity index (χ0) is 20.6. The zero-order valence-electron chi connectivity index (χ0n) is 16.8. The lowest BCUT2D eigenvalue weighted by Crippen LogP contribution is -2.45. The van der Waals surface area contributed by atoms with Gasteiger partial charge in [-0.25, -0.2) is 4.68 Å². The Hall–Kier alpha value is -3.28. The van der Waals surface area contributed by atoms with Gasteiger partial charge >= 0.3 is 0 Å². The molecule has 1 atom stereocenters. The second-order valence-corrected chi connectivity index (χ2v) is 8.22. The Balaban J connectivity index is 1.39. The number of pyridine rings is 1. The van der Waals surface area contributed by atoms with Crippen LogP contribution in [0.25, 0.3) is 11.3 Å². The van der Waals surface area contributed by atoms with Gasteiger partial charge in [0, 0.05) is 30.6 Å². The molecule has 2 fully saturated rings. The van der Waals surface area contributed by atoms with Crippen LogP contribution in [0.4, 0.5) is 0 Å². The number of hydrogen-bond donors (Lipinski definition) is 0. The molecular weight excluding hydrogens is 376 g/mol. The van der Waals surface area contributed by atoms with E-state index in [2.05, 4.69) is 22.2 Å². The van der Waals surface area contributed by atoms with E-state index in [1.54, 1.807) is 24.5 Å². The molecule has 1 saturated carbocycles. The lowest BCUT2D eigenvalue weighted by Gasteiger charge is -2.29. The van der Waals surface area contributed by atoms with Gasteiger partial charge in [0.25, 0.3) is 5.56 Å². The molecule has 5 rings (SSSR count). The van der Waals surface area contributed by atoms with E-state index in [1.165, 1.54) is 4.68 Å². The minimum absolute atomic E-state index is 0.00317. The summed E-state index contributed by atoms with van der Waals surface area (Å²) in [6, 6.07) is 17.1. The number of likely N-dealkylation sites (tertiary alicyclic amines) is 1. The highest BCUT2D eigenvalue weighted by Gasteiger charge is 2.54. The topological polar surface area (TPSA) is 68.1 Å². The van der Waals surface area contributed by atoms with E-state index in [0.717, 1.165) is 49.0 Å². The Morgan fingerprint density at radius 1 is 1.03 bits per heavy atom. The zero-order valence-corrected chi connectivity index (χ0v) is 16.8. The quantitative estimate of drug-likeness (QED) is 0.660. The van der Waals surface area contributed by atoms with Crippen LogP contribution in [0.2, 0.25) is 0 Å². The second-order valence-electron chi connectivity index (χ2n) is 8.22. The van der Waals surface area contributed by atoms with Crippen LogP contribution in [0.1, 0.15) is 31.2 Å². The maximum atomic E-state index is 13.5. The maximum absolute atomic E-state index is 13.5. The predicted octanol–water partition coefficient (Wildman–Crippen LogP) is 3.03. The average molecular weight is 400 g/mol. The third-order valence-electron chi connectivity index (χ3n) is 6.35. The predicted molar refractivity (Wildman–Crippen MR) is 114 cm³/mol. The molecule has 1 aliphatic heterocycles. The lowest BCUT2D eigenvalue weighted by atomic mass is 9.94. The van der Waals surface area contributed by atoms with Gasteiger partial charge in [-0.15, -0.1) is 0 Å². The van der Waals surface area contributed by atoms with E-state index < -0.39 is 0 Å². The largest absolute Gasteiger partial charge is 0.337 e. The highest BCUT2D eigenvalue weighted by Crippen LogP contribution is 2.50. The Bertz CT molecular complexity index is 1110. The molecule has 1 aromatic carbocycles. The van der Waals surface area contributed by atoms with Crippen molar-refractivity contribution in [3.8, 4) is 11.3 Å². The average Bonchev–Trinajstić information content (AvgIpc) is 3.49. The highest BCUT2D eigenvalue weighted by molar-refractivity contribution is 5.91. The fourth-order valence-electron chi connectivity index (χ4n) is 4.53. The summed E-state index contributed by atoms with van der Waals surface area (Å²) >= 11 is 0. The maximum Gasteiger partial charge on any atom is 0.266 e. The van der Waals surface area contributed by atoms with Crippen LogP contribution in [-0.2, 0) is 16.8 Å². The molecule has 0 bridgehead atoms. The number of carbonyl (C=O) groups is 1. The van der Waals surface area contributed by atoms with Crippen molar-refractivity contribution in [2.75, 3.05) is 6.54 Å². The fraction of sp³-hybridized carbons (Fsp3) is 0.333. The number of carbonyl (C=O) groups excluding carboxylic acids is 1. The Morgan fingerprint density at radius 2 is 1.80 bits per heavy atom. The Kier molecular flexibility index (Phi) is 4.69.